The molecule has 4 aromatic rings. The summed E-state index contributed by atoms with van der Waals surface area (Å²) in [5.74, 6) is 2.09. The summed E-state index contributed by atoms with van der Waals surface area (Å²) >= 11 is 0. The van der Waals surface area contributed by atoms with Crippen LogP contribution in [0, 0.1) is 17.7 Å². The average Bonchev–Trinajstić information content (AvgIpc) is 3.47. The van der Waals surface area contributed by atoms with E-state index in [0.717, 1.165) is 60.2 Å². The van der Waals surface area contributed by atoms with E-state index >= 15 is 0 Å². The zero-order valence-corrected chi connectivity index (χ0v) is 16.4. The van der Waals surface area contributed by atoms with Gasteiger partial charge in [-0.2, -0.15) is 0 Å². The van der Waals surface area contributed by atoms with Crippen molar-refractivity contribution in [2.75, 3.05) is 31.1 Å². The Morgan fingerprint density at radius 1 is 0.867 bits per heavy atom. The van der Waals surface area contributed by atoms with Gasteiger partial charge >= 0.3 is 0 Å². The largest absolute Gasteiger partial charge is 0.355 e. The summed E-state index contributed by atoms with van der Waals surface area (Å²) in [4.78, 5) is 11.4. The topological polar surface area (TPSA) is 58.4 Å². The van der Waals surface area contributed by atoms with Crippen molar-refractivity contribution in [1.29, 1.82) is 0 Å². The fourth-order valence-electron chi connectivity index (χ4n) is 4.71. The zero-order valence-electron chi connectivity index (χ0n) is 16.4. The molecule has 6 nitrogen and oxygen atoms in total. The quantitative estimate of drug-likeness (QED) is 0.572. The van der Waals surface area contributed by atoms with Crippen molar-refractivity contribution in [2.45, 2.75) is 0 Å². The first-order chi connectivity index (χ1) is 14.8. The SMILES string of the molecule is Fc1ccc(-c2nc3ccc(N4CC5CNCC5C4)nn3c2-c2ccncc2)cc1. The van der Waals surface area contributed by atoms with Gasteiger partial charge < -0.3 is 10.2 Å². The van der Waals surface area contributed by atoms with Crippen molar-refractivity contribution in [2.24, 2.45) is 11.8 Å². The predicted octanol–water partition coefficient (Wildman–Crippen LogP) is 3.25. The minimum Gasteiger partial charge on any atom is -0.355 e. The van der Waals surface area contributed by atoms with Crippen LogP contribution in [0.15, 0.2) is 60.9 Å². The monoisotopic (exact) mass is 400 g/mol. The molecule has 0 bridgehead atoms. The van der Waals surface area contributed by atoms with Gasteiger partial charge in [-0.3, -0.25) is 4.98 Å². The standard InChI is InChI=1S/C23H21FN6/c24-19-3-1-15(2-4-19)22-23(16-7-9-25-10-8-16)30-20(27-22)5-6-21(28-30)29-13-17-11-26-12-18(17)14-29/h1-10,17-18,26H,11-14H2. The van der Waals surface area contributed by atoms with E-state index in [0.29, 0.717) is 11.8 Å². The van der Waals surface area contributed by atoms with Crippen LogP contribution in [0.3, 0.4) is 0 Å². The molecule has 2 unspecified atom stereocenters. The molecule has 2 aliphatic rings. The molecule has 0 saturated carbocycles. The van der Waals surface area contributed by atoms with Crippen LogP contribution >= 0.6 is 0 Å². The van der Waals surface area contributed by atoms with E-state index in [1.807, 2.05) is 22.7 Å². The lowest BCUT2D eigenvalue weighted by molar-refractivity contribution is 0.533. The number of rotatable bonds is 3. The summed E-state index contributed by atoms with van der Waals surface area (Å²) in [5, 5.41) is 8.48. The molecule has 3 aromatic heterocycles. The van der Waals surface area contributed by atoms with Gasteiger partial charge in [0.1, 0.15) is 17.3 Å². The molecular weight excluding hydrogens is 379 g/mol. The van der Waals surface area contributed by atoms with Gasteiger partial charge in [0.05, 0.1) is 5.69 Å². The summed E-state index contributed by atoms with van der Waals surface area (Å²) in [6, 6.07) is 14.4. The number of nitrogens with one attached hydrogen (secondary N) is 1. The van der Waals surface area contributed by atoms with E-state index in [-0.39, 0.29) is 5.82 Å². The Balaban J connectivity index is 1.50. The number of aromatic nitrogens is 4. The summed E-state index contributed by atoms with van der Waals surface area (Å²) in [6.07, 6.45) is 3.53. The maximum Gasteiger partial charge on any atom is 0.155 e. The van der Waals surface area contributed by atoms with Crippen molar-refractivity contribution < 1.29 is 4.39 Å². The van der Waals surface area contributed by atoms with Crippen LogP contribution in [-0.4, -0.2) is 45.8 Å². The smallest absolute Gasteiger partial charge is 0.155 e. The van der Waals surface area contributed by atoms with E-state index in [9.17, 15) is 4.39 Å². The molecule has 0 aliphatic carbocycles. The van der Waals surface area contributed by atoms with E-state index in [1.165, 1.54) is 12.1 Å². The van der Waals surface area contributed by atoms with Gasteiger partial charge in [0.2, 0.25) is 0 Å². The Morgan fingerprint density at radius 2 is 1.60 bits per heavy atom. The fraction of sp³-hybridized carbons (Fsp3) is 0.261. The minimum absolute atomic E-state index is 0.262. The van der Waals surface area contributed by atoms with Gasteiger partial charge in [-0.25, -0.2) is 13.9 Å². The van der Waals surface area contributed by atoms with Crippen LogP contribution in [0.4, 0.5) is 10.2 Å². The first-order valence-electron chi connectivity index (χ1n) is 10.3. The molecule has 1 aromatic carbocycles. The second-order valence-electron chi connectivity index (χ2n) is 8.10. The van der Waals surface area contributed by atoms with Crippen molar-refractivity contribution in [1.82, 2.24) is 24.9 Å². The molecule has 2 fully saturated rings. The maximum atomic E-state index is 13.5. The normalized spacial score (nSPS) is 20.8. The fourth-order valence-corrected chi connectivity index (χ4v) is 4.71. The third-order valence-corrected chi connectivity index (χ3v) is 6.25. The highest BCUT2D eigenvalue weighted by Crippen LogP contribution is 2.34. The Morgan fingerprint density at radius 3 is 2.33 bits per heavy atom. The van der Waals surface area contributed by atoms with Gasteiger partial charge in [-0.05, 0) is 60.4 Å². The lowest BCUT2D eigenvalue weighted by atomic mass is 10.0. The van der Waals surface area contributed by atoms with Crippen molar-refractivity contribution in [3.05, 3.63) is 66.7 Å². The Labute approximate surface area is 173 Å². The van der Waals surface area contributed by atoms with Crippen molar-refractivity contribution in [3.63, 3.8) is 0 Å². The van der Waals surface area contributed by atoms with E-state index in [2.05, 4.69) is 21.3 Å². The van der Waals surface area contributed by atoms with Crippen LogP contribution in [0.1, 0.15) is 0 Å². The van der Waals surface area contributed by atoms with Gasteiger partial charge in [-0.15, -0.1) is 5.10 Å². The summed E-state index contributed by atoms with van der Waals surface area (Å²) in [6.45, 7) is 4.23. The predicted molar refractivity (Wildman–Crippen MR) is 114 cm³/mol. The number of fused-ring (bicyclic) bond motifs is 2. The number of hydrogen-bond donors (Lipinski definition) is 1. The number of pyridine rings is 1. The summed E-state index contributed by atoms with van der Waals surface area (Å²) in [7, 11) is 0. The lowest BCUT2D eigenvalue weighted by Crippen LogP contribution is -2.26. The van der Waals surface area contributed by atoms with Gasteiger partial charge in [0, 0.05) is 49.7 Å². The number of nitrogens with zero attached hydrogens (tertiary/aromatic N) is 5. The van der Waals surface area contributed by atoms with Crippen molar-refractivity contribution in [3.8, 4) is 22.5 Å². The summed E-state index contributed by atoms with van der Waals surface area (Å²) in [5.41, 5.74) is 4.28. The number of imidazole rings is 1. The first-order valence-corrected chi connectivity index (χ1v) is 10.3. The van der Waals surface area contributed by atoms with E-state index in [1.54, 1.807) is 24.5 Å². The highest BCUT2D eigenvalue weighted by molar-refractivity contribution is 5.81. The molecule has 2 aliphatic heterocycles. The van der Waals surface area contributed by atoms with E-state index < -0.39 is 0 Å². The number of benzene rings is 1. The van der Waals surface area contributed by atoms with Gasteiger partial charge in [0.15, 0.2) is 5.65 Å². The molecule has 0 radical (unpaired) electrons. The van der Waals surface area contributed by atoms with E-state index in [4.69, 9.17) is 10.1 Å². The number of halogens is 1. The average molecular weight is 400 g/mol. The molecule has 30 heavy (non-hydrogen) atoms. The highest BCUT2D eigenvalue weighted by Gasteiger charge is 2.36. The third-order valence-electron chi connectivity index (χ3n) is 6.25. The maximum absolute atomic E-state index is 13.5. The zero-order chi connectivity index (χ0) is 20.1. The summed E-state index contributed by atoms with van der Waals surface area (Å²) < 4.78 is 15.4. The van der Waals surface area contributed by atoms with Crippen LogP contribution in [0.2, 0.25) is 0 Å². The molecule has 2 saturated heterocycles. The molecule has 0 amide bonds. The Bertz CT molecular complexity index is 1190. The minimum atomic E-state index is -0.262. The number of hydrogen-bond acceptors (Lipinski definition) is 5. The Hall–Kier alpha value is -3.32. The van der Waals surface area contributed by atoms with Crippen LogP contribution in [-0.2, 0) is 0 Å². The van der Waals surface area contributed by atoms with Crippen molar-refractivity contribution >= 4 is 11.5 Å². The van der Waals surface area contributed by atoms with Crippen LogP contribution in [0.5, 0.6) is 0 Å². The second kappa shape index (κ2) is 6.88. The molecule has 2 atom stereocenters. The molecule has 7 heteroatoms. The van der Waals surface area contributed by atoms with Crippen LogP contribution in [0.25, 0.3) is 28.2 Å². The molecule has 6 rings (SSSR count). The number of anilines is 1. The highest BCUT2D eigenvalue weighted by atomic mass is 19.1. The molecule has 150 valence electrons. The first kappa shape index (κ1) is 17.5. The molecule has 5 heterocycles. The lowest BCUT2D eigenvalue weighted by Gasteiger charge is -2.18. The third kappa shape index (κ3) is 2.85. The van der Waals surface area contributed by atoms with Crippen LogP contribution < -0.4 is 10.2 Å². The molecule has 0 spiro atoms. The van der Waals surface area contributed by atoms with Gasteiger partial charge in [0.25, 0.3) is 0 Å². The molecular formula is C23H21FN6. The molecule has 1 N–H and O–H groups in total. The Kier molecular flexibility index (Phi) is 4.02. The van der Waals surface area contributed by atoms with Gasteiger partial charge in [-0.1, -0.05) is 0 Å². The second-order valence-corrected chi connectivity index (χ2v) is 8.10.